The topological polar surface area (TPSA) is 43.9 Å². The SMILES string of the molecule is CCC(Br)c1cn(Cc2ccc(Br)o2)nn1. The first-order valence-corrected chi connectivity index (χ1v) is 6.68. The second-order valence-corrected chi connectivity index (χ2v) is 5.31. The summed E-state index contributed by atoms with van der Waals surface area (Å²) < 4.78 is 7.90. The minimum Gasteiger partial charge on any atom is -0.452 e. The Hall–Kier alpha value is -0.620. The van der Waals surface area contributed by atoms with E-state index in [0.717, 1.165) is 22.5 Å². The van der Waals surface area contributed by atoms with E-state index in [9.17, 15) is 0 Å². The van der Waals surface area contributed by atoms with Crippen molar-refractivity contribution >= 4 is 31.9 Å². The van der Waals surface area contributed by atoms with E-state index >= 15 is 0 Å². The van der Waals surface area contributed by atoms with E-state index in [-0.39, 0.29) is 4.83 Å². The summed E-state index contributed by atoms with van der Waals surface area (Å²) >= 11 is 6.81. The highest BCUT2D eigenvalue weighted by molar-refractivity contribution is 9.10. The highest BCUT2D eigenvalue weighted by atomic mass is 79.9. The summed E-state index contributed by atoms with van der Waals surface area (Å²) in [5.74, 6) is 0.853. The number of hydrogen-bond donors (Lipinski definition) is 0. The van der Waals surface area contributed by atoms with Crippen LogP contribution in [-0.4, -0.2) is 15.0 Å². The minimum atomic E-state index is 0.268. The van der Waals surface area contributed by atoms with Crippen LogP contribution in [0, 0.1) is 0 Å². The molecule has 0 radical (unpaired) electrons. The van der Waals surface area contributed by atoms with Crippen LogP contribution in [0.15, 0.2) is 27.4 Å². The molecule has 0 aliphatic heterocycles. The average molecular weight is 349 g/mol. The molecule has 1 atom stereocenters. The predicted octanol–water partition coefficient (Wildman–Crippen LogP) is 3.53. The number of halogens is 2. The van der Waals surface area contributed by atoms with E-state index in [2.05, 4.69) is 49.1 Å². The van der Waals surface area contributed by atoms with Crippen molar-refractivity contribution in [3.8, 4) is 0 Å². The third-order valence-corrected chi connectivity index (χ3v) is 3.73. The molecule has 0 aromatic carbocycles. The van der Waals surface area contributed by atoms with Gasteiger partial charge in [-0.2, -0.15) is 0 Å². The Kier molecular flexibility index (Phi) is 3.81. The van der Waals surface area contributed by atoms with Crippen molar-refractivity contribution in [3.05, 3.63) is 34.5 Å². The summed E-state index contributed by atoms with van der Waals surface area (Å²) in [5.41, 5.74) is 0.952. The summed E-state index contributed by atoms with van der Waals surface area (Å²) in [6.45, 7) is 2.70. The third-order valence-electron chi connectivity index (χ3n) is 2.18. The Morgan fingerprint density at radius 2 is 2.31 bits per heavy atom. The van der Waals surface area contributed by atoms with E-state index in [1.807, 2.05) is 18.3 Å². The molecule has 0 aliphatic carbocycles. The standard InChI is InChI=1S/C10H11Br2N3O/c1-2-8(11)9-6-15(14-13-9)5-7-3-4-10(12)16-7/h3-4,6,8H,2,5H2,1H3. The van der Waals surface area contributed by atoms with E-state index in [1.54, 1.807) is 4.68 Å². The number of nitrogens with zero attached hydrogens (tertiary/aromatic N) is 3. The van der Waals surface area contributed by atoms with Crippen molar-refractivity contribution in [2.75, 3.05) is 0 Å². The molecule has 0 fully saturated rings. The van der Waals surface area contributed by atoms with Gasteiger partial charge in [0, 0.05) is 0 Å². The Morgan fingerprint density at radius 3 is 2.94 bits per heavy atom. The lowest BCUT2D eigenvalue weighted by molar-refractivity contribution is 0.459. The number of rotatable bonds is 4. The molecule has 0 bridgehead atoms. The maximum absolute atomic E-state index is 5.40. The van der Waals surface area contributed by atoms with Crippen LogP contribution in [0.1, 0.15) is 29.6 Å². The second kappa shape index (κ2) is 5.14. The fourth-order valence-electron chi connectivity index (χ4n) is 1.34. The Morgan fingerprint density at radius 1 is 1.50 bits per heavy atom. The van der Waals surface area contributed by atoms with Gasteiger partial charge in [0.1, 0.15) is 12.3 Å². The van der Waals surface area contributed by atoms with Crippen molar-refractivity contribution < 1.29 is 4.42 Å². The van der Waals surface area contributed by atoms with E-state index in [1.165, 1.54) is 0 Å². The number of hydrogen-bond acceptors (Lipinski definition) is 3. The van der Waals surface area contributed by atoms with Crippen molar-refractivity contribution in [2.45, 2.75) is 24.7 Å². The Labute approximate surface area is 110 Å². The van der Waals surface area contributed by atoms with Gasteiger partial charge in [-0.05, 0) is 34.5 Å². The van der Waals surface area contributed by atoms with Gasteiger partial charge in [0.05, 0.1) is 16.7 Å². The Balaban J connectivity index is 2.08. The normalized spacial score (nSPS) is 12.9. The van der Waals surface area contributed by atoms with Crippen molar-refractivity contribution in [3.63, 3.8) is 0 Å². The predicted molar refractivity (Wildman–Crippen MR) is 67.5 cm³/mol. The molecule has 1 unspecified atom stereocenters. The lowest BCUT2D eigenvalue weighted by atomic mass is 10.3. The highest BCUT2D eigenvalue weighted by Crippen LogP contribution is 2.23. The van der Waals surface area contributed by atoms with Gasteiger partial charge in [0.15, 0.2) is 4.67 Å². The molecule has 4 nitrogen and oxygen atoms in total. The minimum absolute atomic E-state index is 0.268. The zero-order valence-electron chi connectivity index (χ0n) is 8.73. The summed E-state index contributed by atoms with van der Waals surface area (Å²) in [6, 6.07) is 3.78. The van der Waals surface area contributed by atoms with Crippen LogP contribution in [0.3, 0.4) is 0 Å². The van der Waals surface area contributed by atoms with Crippen LogP contribution in [0.4, 0.5) is 0 Å². The van der Waals surface area contributed by atoms with Crippen LogP contribution >= 0.6 is 31.9 Å². The largest absolute Gasteiger partial charge is 0.452 e. The first-order chi connectivity index (χ1) is 7.69. The van der Waals surface area contributed by atoms with Gasteiger partial charge in [0.25, 0.3) is 0 Å². The van der Waals surface area contributed by atoms with Gasteiger partial charge in [-0.1, -0.05) is 28.1 Å². The molecule has 6 heteroatoms. The molecule has 0 amide bonds. The molecule has 0 saturated heterocycles. The van der Waals surface area contributed by atoms with Crippen molar-refractivity contribution in [1.82, 2.24) is 15.0 Å². The van der Waals surface area contributed by atoms with Crippen LogP contribution in [0.2, 0.25) is 0 Å². The summed E-state index contributed by atoms with van der Waals surface area (Å²) in [4.78, 5) is 0.268. The van der Waals surface area contributed by atoms with E-state index in [0.29, 0.717) is 6.54 Å². The van der Waals surface area contributed by atoms with Crippen molar-refractivity contribution in [2.24, 2.45) is 0 Å². The van der Waals surface area contributed by atoms with Crippen molar-refractivity contribution in [1.29, 1.82) is 0 Å². The quantitative estimate of drug-likeness (QED) is 0.794. The zero-order chi connectivity index (χ0) is 11.5. The van der Waals surface area contributed by atoms with Gasteiger partial charge >= 0.3 is 0 Å². The second-order valence-electron chi connectivity index (χ2n) is 3.42. The van der Waals surface area contributed by atoms with Gasteiger partial charge < -0.3 is 4.42 Å². The molecule has 0 aliphatic rings. The smallest absolute Gasteiger partial charge is 0.169 e. The lowest BCUT2D eigenvalue weighted by Gasteiger charge is -1.99. The number of alkyl halides is 1. The third kappa shape index (κ3) is 2.74. The van der Waals surface area contributed by atoms with Crippen LogP contribution < -0.4 is 0 Å². The molecule has 2 aromatic rings. The molecular weight excluding hydrogens is 338 g/mol. The molecule has 0 saturated carbocycles. The van der Waals surface area contributed by atoms with Crippen LogP contribution in [0.5, 0.6) is 0 Å². The van der Waals surface area contributed by atoms with Gasteiger partial charge in [0.2, 0.25) is 0 Å². The molecule has 2 heterocycles. The van der Waals surface area contributed by atoms with Gasteiger partial charge in [-0.25, -0.2) is 4.68 Å². The fourth-order valence-corrected chi connectivity index (χ4v) is 1.89. The number of furan rings is 1. The first-order valence-electron chi connectivity index (χ1n) is 4.97. The summed E-state index contributed by atoms with van der Waals surface area (Å²) in [5, 5.41) is 8.15. The van der Waals surface area contributed by atoms with E-state index in [4.69, 9.17) is 4.42 Å². The highest BCUT2D eigenvalue weighted by Gasteiger charge is 2.10. The molecule has 86 valence electrons. The molecule has 2 aromatic heterocycles. The van der Waals surface area contributed by atoms with Gasteiger partial charge in [-0.3, -0.25) is 0 Å². The molecule has 0 spiro atoms. The lowest BCUT2D eigenvalue weighted by Crippen LogP contribution is -1.98. The summed E-state index contributed by atoms with van der Waals surface area (Å²) in [6.07, 6.45) is 2.92. The summed E-state index contributed by atoms with van der Waals surface area (Å²) in [7, 11) is 0. The molecule has 16 heavy (non-hydrogen) atoms. The molecule has 0 N–H and O–H groups in total. The maximum Gasteiger partial charge on any atom is 0.169 e. The van der Waals surface area contributed by atoms with Crippen LogP contribution in [-0.2, 0) is 6.54 Å². The zero-order valence-corrected chi connectivity index (χ0v) is 11.9. The maximum atomic E-state index is 5.40. The average Bonchev–Trinajstić information content (AvgIpc) is 2.87. The van der Waals surface area contributed by atoms with Gasteiger partial charge in [-0.15, -0.1) is 5.10 Å². The molecular formula is C10H11Br2N3O. The van der Waals surface area contributed by atoms with Crippen LogP contribution in [0.25, 0.3) is 0 Å². The molecule has 2 rings (SSSR count). The number of aromatic nitrogens is 3. The fraction of sp³-hybridized carbons (Fsp3) is 0.400. The monoisotopic (exact) mass is 347 g/mol. The Bertz CT molecular complexity index is 466. The van der Waals surface area contributed by atoms with E-state index < -0.39 is 0 Å². The first kappa shape index (κ1) is 11.9.